The predicted octanol–water partition coefficient (Wildman–Crippen LogP) is 3.78. The lowest BCUT2D eigenvalue weighted by atomic mass is 10.1. The summed E-state index contributed by atoms with van der Waals surface area (Å²) in [5.74, 6) is -0.689. The van der Waals surface area contributed by atoms with E-state index < -0.39 is 16.0 Å². The smallest absolute Gasteiger partial charge is 0.365 e. The van der Waals surface area contributed by atoms with Crippen LogP contribution in [0.1, 0.15) is 49.5 Å². The molecule has 0 aliphatic carbocycles. The molecular weight excluding hydrogens is 392 g/mol. The molecule has 2 aromatic carbocycles. The molecule has 2 aromatic rings. The van der Waals surface area contributed by atoms with Gasteiger partial charge >= 0.3 is 5.97 Å². The van der Waals surface area contributed by atoms with Gasteiger partial charge in [-0.3, -0.25) is 0 Å². The van der Waals surface area contributed by atoms with Gasteiger partial charge in [-0.1, -0.05) is 31.1 Å². The van der Waals surface area contributed by atoms with Crippen molar-refractivity contribution in [2.24, 2.45) is 5.16 Å². The van der Waals surface area contributed by atoms with Gasteiger partial charge in [-0.15, -0.1) is 0 Å². The zero-order valence-corrected chi connectivity index (χ0v) is 17.6. The molecule has 0 fully saturated rings. The number of rotatable bonds is 9. The molecule has 0 spiro atoms. The van der Waals surface area contributed by atoms with Crippen molar-refractivity contribution < 1.29 is 23.2 Å². The van der Waals surface area contributed by atoms with Crippen LogP contribution in [0.5, 0.6) is 5.75 Å². The average Bonchev–Trinajstić information content (AvgIpc) is 2.72. The maximum Gasteiger partial charge on any atom is 0.365 e. The van der Waals surface area contributed by atoms with Crippen LogP contribution in [0.25, 0.3) is 0 Å². The van der Waals surface area contributed by atoms with E-state index in [2.05, 4.69) is 5.16 Å². The highest BCUT2D eigenvalue weighted by Gasteiger charge is 2.23. The second-order valence-corrected chi connectivity index (χ2v) is 8.44. The number of benzene rings is 2. The number of hydrogen-bond donors (Lipinski definition) is 1. The third-order valence-electron chi connectivity index (χ3n) is 4.23. The fraction of sp³-hybridized carbons (Fsp3) is 0.333. The number of carbonyl (C=O) groups is 1. The Labute approximate surface area is 171 Å². The monoisotopic (exact) mass is 418 g/mol. The Morgan fingerprint density at radius 3 is 2.17 bits per heavy atom. The van der Waals surface area contributed by atoms with Crippen molar-refractivity contribution in [2.45, 2.75) is 38.5 Å². The average molecular weight is 419 g/mol. The van der Waals surface area contributed by atoms with E-state index in [1.807, 2.05) is 13.8 Å². The molecule has 0 saturated heterocycles. The molecule has 2 rings (SSSR count). The van der Waals surface area contributed by atoms with Crippen LogP contribution in [-0.4, -0.2) is 42.6 Å². The Hall–Kier alpha value is -2.71. The van der Waals surface area contributed by atoms with Gasteiger partial charge in [0.25, 0.3) is 0 Å². The first-order valence-corrected chi connectivity index (χ1v) is 10.9. The number of carbonyl (C=O) groups excluding carboxylic acids is 1. The topological polar surface area (TPSA) is 96.3 Å². The number of phenolic OH excluding ortho intramolecular Hbond substituents is 1. The summed E-state index contributed by atoms with van der Waals surface area (Å²) in [6.07, 6.45) is 1.44. The van der Waals surface area contributed by atoms with Gasteiger partial charge in [0, 0.05) is 18.7 Å². The summed E-state index contributed by atoms with van der Waals surface area (Å²) in [6.45, 7) is 6.35. The summed E-state index contributed by atoms with van der Waals surface area (Å²) in [4.78, 5) is 17.3. The second kappa shape index (κ2) is 10.2. The van der Waals surface area contributed by atoms with Crippen LogP contribution >= 0.6 is 0 Å². The van der Waals surface area contributed by atoms with Gasteiger partial charge in [-0.05, 0) is 56.2 Å². The standard InChI is InChI=1S/C21H26N2O5S/c1-4-14-23(15-5-2)29(26,27)18-12-10-17(11-13-18)21(25)28-22-16(3)19-8-6-7-9-20(19)24/h6-13,24H,4-5,14-15H2,1-3H3/b22-16+. The maximum atomic E-state index is 12.8. The molecule has 0 aliphatic heterocycles. The number of hydrogen-bond acceptors (Lipinski definition) is 6. The van der Waals surface area contributed by atoms with E-state index in [-0.39, 0.29) is 16.2 Å². The second-order valence-electron chi connectivity index (χ2n) is 6.50. The fourth-order valence-electron chi connectivity index (χ4n) is 2.75. The third-order valence-corrected chi connectivity index (χ3v) is 6.15. The highest BCUT2D eigenvalue weighted by molar-refractivity contribution is 7.89. The number of aromatic hydroxyl groups is 1. The van der Waals surface area contributed by atoms with Gasteiger partial charge in [0.15, 0.2) is 0 Å². The fourth-order valence-corrected chi connectivity index (χ4v) is 4.38. The van der Waals surface area contributed by atoms with Crippen molar-refractivity contribution in [3.63, 3.8) is 0 Å². The van der Waals surface area contributed by atoms with Crippen molar-refractivity contribution in [2.75, 3.05) is 13.1 Å². The first-order valence-electron chi connectivity index (χ1n) is 9.45. The Morgan fingerprint density at radius 1 is 1.03 bits per heavy atom. The van der Waals surface area contributed by atoms with Crippen LogP contribution in [0, 0.1) is 0 Å². The summed E-state index contributed by atoms with van der Waals surface area (Å²) < 4.78 is 27.0. The van der Waals surface area contributed by atoms with Crippen molar-refractivity contribution in [1.29, 1.82) is 0 Å². The number of sulfonamides is 1. The molecule has 156 valence electrons. The molecule has 1 N–H and O–H groups in total. The van der Waals surface area contributed by atoms with E-state index in [1.165, 1.54) is 34.6 Å². The van der Waals surface area contributed by atoms with Gasteiger partial charge in [-0.2, -0.15) is 4.31 Å². The molecule has 0 aliphatic rings. The highest BCUT2D eigenvalue weighted by atomic mass is 32.2. The Kier molecular flexibility index (Phi) is 7.92. The lowest BCUT2D eigenvalue weighted by Crippen LogP contribution is -2.32. The molecule has 29 heavy (non-hydrogen) atoms. The van der Waals surface area contributed by atoms with Crippen molar-refractivity contribution in [3.05, 3.63) is 59.7 Å². The molecule has 8 heteroatoms. The van der Waals surface area contributed by atoms with Crippen LogP contribution in [0.3, 0.4) is 0 Å². The largest absolute Gasteiger partial charge is 0.507 e. The van der Waals surface area contributed by atoms with Crippen LogP contribution < -0.4 is 0 Å². The van der Waals surface area contributed by atoms with E-state index >= 15 is 0 Å². The number of oxime groups is 1. The minimum atomic E-state index is -3.61. The van der Waals surface area contributed by atoms with E-state index in [1.54, 1.807) is 25.1 Å². The predicted molar refractivity (Wildman–Crippen MR) is 112 cm³/mol. The normalized spacial score (nSPS) is 12.2. The lowest BCUT2D eigenvalue weighted by molar-refractivity contribution is 0.0516. The van der Waals surface area contributed by atoms with E-state index in [0.717, 1.165) is 12.8 Å². The number of nitrogens with zero attached hydrogens (tertiary/aromatic N) is 2. The molecule has 7 nitrogen and oxygen atoms in total. The molecular formula is C21H26N2O5S. The lowest BCUT2D eigenvalue weighted by Gasteiger charge is -2.21. The van der Waals surface area contributed by atoms with Crippen LogP contribution in [0.2, 0.25) is 0 Å². The van der Waals surface area contributed by atoms with Gasteiger partial charge in [0.1, 0.15) is 5.75 Å². The van der Waals surface area contributed by atoms with Crippen molar-refractivity contribution in [3.8, 4) is 5.75 Å². The highest BCUT2D eigenvalue weighted by Crippen LogP contribution is 2.19. The summed E-state index contributed by atoms with van der Waals surface area (Å²) in [7, 11) is -3.61. The van der Waals surface area contributed by atoms with E-state index in [4.69, 9.17) is 4.84 Å². The summed E-state index contributed by atoms with van der Waals surface area (Å²) in [6, 6.07) is 12.2. The Balaban J connectivity index is 2.14. The minimum absolute atomic E-state index is 0.0306. The molecule has 0 heterocycles. The first kappa shape index (κ1) is 22.6. The van der Waals surface area contributed by atoms with Gasteiger partial charge in [0.05, 0.1) is 16.2 Å². The molecule has 0 atom stereocenters. The van der Waals surface area contributed by atoms with Crippen LogP contribution in [0.4, 0.5) is 0 Å². The van der Waals surface area contributed by atoms with E-state index in [9.17, 15) is 18.3 Å². The molecule has 0 bridgehead atoms. The molecule has 0 amide bonds. The summed E-state index contributed by atoms with van der Waals surface area (Å²) >= 11 is 0. The molecule has 0 aromatic heterocycles. The summed E-state index contributed by atoms with van der Waals surface area (Å²) in [5, 5.41) is 13.6. The zero-order chi connectivity index (χ0) is 21.4. The maximum absolute atomic E-state index is 12.8. The number of phenols is 1. The van der Waals surface area contributed by atoms with Crippen LogP contribution in [-0.2, 0) is 14.9 Å². The molecule has 0 saturated carbocycles. The van der Waals surface area contributed by atoms with Gasteiger partial charge in [0.2, 0.25) is 10.0 Å². The zero-order valence-electron chi connectivity index (χ0n) is 16.8. The quantitative estimate of drug-likeness (QED) is 0.380. The SMILES string of the molecule is CCCN(CCC)S(=O)(=O)c1ccc(C(=O)O/N=C(\C)c2ccccc2O)cc1. The van der Waals surface area contributed by atoms with Crippen LogP contribution in [0.15, 0.2) is 58.6 Å². The number of para-hydroxylation sites is 1. The van der Waals surface area contributed by atoms with Crippen molar-refractivity contribution in [1.82, 2.24) is 4.31 Å². The van der Waals surface area contributed by atoms with E-state index in [0.29, 0.717) is 24.4 Å². The first-order chi connectivity index (χ1) is 13.8. The summed E-state index contributed by atoms with van der Waals surface area (Å²) in [5.41, 5.74) is 0.967. The molecule has 0 unspecified atom stereocenters. The van der Waals surface area contributed by atoms with Gasteiger partial charge in [-0.25, -0.2) is 13.2 Å². The Bertz CT molecular complexity index is 963. The third kappa shape index (κ3) is 5.65. The van der Waals surface area contributed by atoms with Gasteiger partial charge < -0.3 is 9.94 Å². The minimum Gasteiger partial charge on any atom is -0.507 e. The molecule has 0 radical (unpaired) electrons. The van der Waals surface area contributed by atoms with Crippen molar-refractivity contribution >= 4 is 21.7 Å². The Morgan fingerprint density at radius 2 is 1.62 bits per heavy atom.